The van der Waals surface area contributed by atoms with Crippen molar-refractivity contribution in [2.45, 2.75) is 78.3 Å². The van der Waals surface area contributed by atoms with E-state index in [-0.39, 0.29) is 29.8 Å². The SMILES string of the molecule is CC(C)c1cc(C(=O)NC(c2nc(C3CC3)no2)C(C)C)c2cnn(C(C)C)c2n1. The summed E-state index contributed by atoms with van der Waals surface area (Å²) in [5, 5.41) is 12.5. The average Bonchev–Trinajstić information content (AvgIpc) is 3.26. The van der Waals surface area contributed by atoms with Crippen LogP contribution in [0.1, 0.15) is 106 Å². The van der Waals surface area contributed by atoms with Crippen LogP contribution in [0.4, 0.5) is 0 Å². The molecule has 0 spiro atoms. The summed E-state index contributed by atoms with van der Waals surface area (Å²) in [6, 6.07) is 1.66. The Morgan fingerprint density at radius 2 is 1.90 bits per heavy atom. The van der Waals surface area contributed by atoms with Gasteiger partial charge < -0.3 is 9.84 Å². The van der Waals surface area contributed by atoms with Crippen molar-refractivity contribution in [3.05, 3.63) is 35.2 Å². The highest BCUT2D eigenvalue weighted by molar-refractivity contribution is 6.05. The van der Waals surface area contributed by atoms with Crippen LogP contribution in [0, 0.1) is 5.92 Å². The molecule has 3 aromatic rings. The molecule has 8 heteroatoms. The van der Waals surface area contributed by atoms with E-state index in [1.54, 1.807) is 6.20 Å². The number of amides is 1. The first-order chi connectivity index (χ1) is 14.3. The fraction of sp³-hybridized carbons (Fsp3) is 0.591. The summed E-state index contributed by atoms with van der Waals surface area (Å²) in [5.74, 6) is 1.72. The molecule has 0 bridgehead atoms. The second-order valence-electron chi connectivity index (χ2n) is 9.13. The van der Waals surface area contributed by atoms with Gasteiger partial charge in [0.05, 0.1) is 17.1 Å². The summed E-state index contributed by atoms with van der Waals surface area (Å²) in [5.41, 5.74) is 2.17. The number of hydrogen-bond acceptors (Lipinski definition) is 6. The van der Waals surface area contributed by atoms with Gasteiger partial charge in [-0.3, -0.25) is 4.79 Å². The van der Waals surface area contributed by atoms with Crippen LogP contribution in [0.5, 0.6) is 0 Å². The molecule has 8 nitrogen and oxygen atoms in total. The number of nitrogens with one attached hydrogen (secondary N) is 1. The molecule has 1 saturated carbocycles. The monoisotopic (exact) mass is 410 g/mol. The molecule has 0 aromatic carbocycles. The third-order valence-electron chi connectivity index (χ3n) is 5.53. The van der Waals surface area contributed by atoms with Crippen LogP contribution in [0.15, 0.2) is 16.8 Å². The maximum Gasteiger partial charge on any atom is 0.252 e. The quantitative estimate of drug-likeness (QED) is 0.615. The number of aromatic nitrogens is 5. The lowest BCUT2D eigenvalue weighted by molar-refractivity contribution is 0.0915. The molecule has 1 fully saturated rings. The molecule has 1 atom stereocenters. The van der Waals surface area contributed by atoms with Crippen molar-refractivity contribution in [3.63, 3.8) is 0 Å². The molecule has 1 aliphatic carbocycles. The number of carbonyl (C=O) groups is 1. The maximum atomic E-state index is 13.4. The van der Waals surface area contributed by atoms with Gasteiger partial charge in [-0.15, -0.1) is 0 Å². The molecule has 0 aliphatic heterocycles. The topological polar surface area (TPSA) is 98.7 Å². The Morgan fingerprint density at radius 3 is 2.50 bits per heavy atom. The van der Waals surface area contributed by atoms with E-state index in [1.807, 2.05) is 24.6 Å². The molecule has 0 saturated heterocycles. The van der Waals surface area contributed by atoms with Crippen LogP contribution >= 0.6 is 0 Å². The van der Waals surface area contributed by atoms with Crippen molar-refractivity contribution in [2.24, 2.45) is 5.92 Å². The van der Waals surface area contributed by atoms with Gasteiger partial charge in [0.1, 0.15) is 6.04 Å². The number of hydrogen-bond donors (Lipinski definition) is 1. The molecule has 160 valence electrons. The van der Waals surface area contributed by atoms with E-state index in [2.05, 4.69) is 48.3 Å². The molecule has 1 N–H and O–H groups in total. The third-order valence-corrected chi connectivity index (χ3v) is 5.53. The molecule has 0 radical (unpaired) electrons. The predicted molar refractivity (Wildman–Crippen MR) is 113 cm³/mol. The molecular weight excluding hydrogens is 380 g/mol. The van der Waals surface area contributed by atoms with Crippen LogP contribution in [-0.4, -0.2) is 30.8 Å². The molecule has 1 unspecified atom stereocenters. The van der Waals surface area contributed by atoms with Gasteiger partial charge >= 0.3 is 0 Å². The molecule has 1 amide bonds. The van der Waals surface area contributed by atoms with Crippen LogP contribution in [0.3, 0.4) is 0 Å². The highest BCUT2D eigenvalue weighted by Gasteiger charge is 2.32. The summed E-state index contributed by atoms with van der Waals surface area (Å²) >= 11 is 0. The minimum Gasteiger partial charge on any atom is -0.340 e. The highest BCUT2D eigenvalue weighted by atomic mass is 16.5. The lowest BCUT2D eigenvalue weighted by Gasteiger charge is -2.19. The Labute approximate surface area is 176 Å². The minimum absolute atomic E-state index is 0.0988. The predicted octanol–water partition coefficient (Wildman–Crippen LogP) is 4.52. The van der Waals surface area contributed by atoms with Gasteiger partial charge in [-0.2, -0.15) is 10.1 Å². The van der Waals surface area contributed by atoms with Crippen LogP contribution in [0.2, 0.25) is 0 Å². The first-order valence-corrected chi connectivity index (χ1v) is 10.8. The Balaban J connectivity index is 1.70. The smallest absolute Gasteiger partial charge is 0.252 e. The summed E-state index contributed by atoms with van der Waals surface area (Å²) in [4.78, 5) is 22.7. The number of pyridine rings is 1. The van der Waals surface area contributed by atoms with Crippen molar-refractivity contribution < 1.29 is 9.32 Å². The van der Waals surface area contributed by atoms with Gasteiger partial charge in [0.2, 0.25) is 5.89 Å². The number of fused-ring (bicyclic) bond motifs is 1. The summed E-state index contributed by atoms with van der Waals surface area (Å²) < 4.78 is 7.37. The van der Waals surface area contributed by atoms with Crippen molar-refractivity contribution in [3.8, 4) is 0 Å². The van der Waals surface area contributed by atoms with E-state index in [4.69, 9.17) is 9.51 Å². The average molecular weight is 411 g/mol. The van der Waals surface area contributed by atoms with Gasteiger partial charge in [0.25, 0.3) is 5.91 Å². The molecule has 3 heterocycles. The van der Waals surface area contributed by atoms with Crippen molar-refractivity contribution in [1.82, 2.24) is 30.2 Å². The maximum absolute atomic E-state index is 13.4. The van der Waals surface area contributed by atoms with Gasteiger partial charge in [0.15, 0.2) is 11.5 Å². The van der Waals surface area contributed by atoms with Crippen LogP contribution < -0.4 is 5.32 Å². The fourth-order valence-electron chi connectivity index (χ4n) is 3.51. The summed E-state index contributed by atoms with van der Waals surface area (Å²) in [6.07, 6.45) is 3.93. The van der Waals surface area contributed by atoms with E-state index in [9.17, 15) is 4.79 Å². The van der Waals surface area contributed by atoms with Gasteiger partial charge in [-0.25, -0.2) is 9.67 Å². The number of carbonyl (C=O) groups excluding carboxylic acids is 1. The van der Waals surface area contributed by atoms with Crippen molar-refractivity contribution in [2.75, 3.05) is 0 Å². The standard InChI is InChI=1S/C22H30N6O2/c1-11(2)17-9-15(16-10-23-28(13(5)6)20(16)24-17)21(29)25-18(12(3)4)22-26-19(27-30-22)14-7-8-14/h9-14,18H,7-8H2,1-6H3,(H,25,29). The Bertz CT molecular complexity index is 1060. The van der Waals surface area contributed by atoms with Gasteiger partial charge in [0, 0.05) is 17.7 Å². The molecule has 4 rings (SSSR count). The largest absolute Gasteiger partial charge is 0.340 e. The number of rotatable bonds is 7. The minimum atomic E-state index is -0.358. The first kappa shape index (κ1) is 20.5. The van der Waals surface area contributed by atoms with E-state index in [0.29, 0.717) is 17.4 Å². The Hall–Kier alpha value is -2.77. The van der Waals surface area contributed by atoms with Crippen molar-refractivity contribution >= 4 is 16.9 Å². The molecular formula is C22H30N6O2. The summed E-state index contributed by atoms with van der Waals surface area (Å²) in [6.45, 7) is 12.3. The highest BCUT2D eigenvalue weighted by Crippen LogP contribution is 2.38. The fourth-order valence-corrected chi connectivity index (χ4v) is 3.51. The Kier molecular flexibility index (Phi) is 5.34. The molecule has 1 aliphatic rings. The normalized spacial score (nSPS) is 15.5. The first-order valence-electron chi connectivity index (χ1n) is 10.8. The van der Waals surface area contributed by atoms with Crippen molar-refractivity contribution in [1.29, 1.82) is 0 Å². The van der Waals surface area contributed by atoms with E-state index >= 15 is 0 Å². The molecule has 3 aromatic heterocycles. The molecule has 30 heavy (non-hydrogen) atoms. The zero-order chi connectivity index (χ0) is 21.6. The Morgan fingerprint density at radius 1 is 1.17 bits per heavy atom. The third kappa shape index (κ3) is 3.82. The van der Waals surface area contributed by atoms with E-state index in [1.165, 1.54) is 0 Å². The second kappa shape index (κ2) is 7.81. The second-order valence-corrected chi connectivity index (χ2v) is 9.13. The van der Waals surface area contributed by atoms with Gasteiger partial charge in [-0.05, 0) is 44.6 Å². The lowest BCUT2D eigenvalue weighted by atomic mass is 10.0. The van der Waals surface area contributed by atoms with E-state index < -0.39 is 0 Å². The lowest BCUT2D eigenvalue weighted by Crippen LogP contribution is -2.32. The zero-order valence-electron chi connectivity index (χ0n) is 18.5. The number of nitrogens with zero attached hydrogens (tertiary/aromatic N) is 5. The van der Waals surface area contributed by atoms with Crippen LogP contribution in [0.25, 0.3) is 11.0 Å². The summed E-state index contributed by atoms with van der Waals surface area (Å²) in [7, 11) is 0. The zero-order valence-corrected chi connectivity index (χ0v) is 18.5. The van der Waals surface area contributed by atoms with Crippen LogP contribution in [-0.2, 0) is 0 Å². The van der Waals surface area contributed by atoms with E-state index in [0.717, 1.165) is 35.4 Å². The van der Waals surface area contributed by atoms with Gasteiger partial charge in [-0.1, -0.05) is 32.9 Å².